The average molecular weight is 383 g/mol. The van der Waals surface area contributed by atoms with Crippen LogP contribution < -0.4 is 24.4 Å². The van der Waals surface area contributed by atoms with E-state index in [4.69, 9.17) is 14.2 Å². The Kier molecular flexibility index (Phi) is 4.92. The molecule has 4 rings (SSSR count). The van der Waals surface area contributed by atoms with Gasteiger partial charge in [-0.05, 0) is 43.3 Å². The fourth-order valence-electron chi connectivity index (χ4n) is 3.21. The number of hydrogen-bond donors (Lipinski definition) is 1. The van der Waals surface area contributed by atoms with Crippen LogP contribution in [0, 0.1) is 0 Å². The molecule has 1 fully saturated rings. The lowest BCUT2D eigenvalue weighted by Crippen LogP contribution is -2.37. The standard InChI is InChI=1S/C20H21N3O5/c1-2-26-16-6-4-15(5-7-16)23-10-9-22(20(23)25)12-19(24)21-14-3-8-17-18(11-14)28-13-27-17/h3-8,11H,2,9-10,12-13H2,1H3,(H,21,24). The highest BCUT2D eigenvalue weighted by Gasteiger charge is 2.31. The van der Waals surface area contributed by atoms with E-state index in [0.29, 0.717) is 36.9 Å². The van der Waals surface area contributed by atoms with Crippen molar-refractivity contribution >= 4 is 23.3 Å². The first-order valence-corrected chi connectivity index (χ1v) is 9.13. The maximum atomic E-state index is 12.7. The van der Waals surface area contributed by atoms with Crippen LogP contribution in [0.3, 0.4) is 0 Å². The molecule has 8 nitrogen and oxygen atoms in total. The van der Waals surface area contributed by atoms with Gasteiger partial charge in [0, 0.05) is 30.5 Å². The van der Waals surface area contributed by atoms with Crippen molar-refractivity contribution in [2.24, 2.45) is 0 Å². The van der Waals surface area contributed by atoms with Gasteiger partial charge in [-0.25, -0.2) is 4.79 Å². The Labute approximate surface area is 162 Å². The summed E-state index contributed by atoms with van der Waals surface area (Å²) in [5.74, 6) is 1.74. The zero-order valence-electron chi connectivity index (χ0n) is 15.5. The predicted molar refractivity (Wildman–Crippen MR) is 103 cm³/mol. The molecule has 0 radical (unpaired) electrons. The van der Waals surface area contributed by atoms with E-state index >= 15 is 0 Å². The van der Waals surface area contributed by atoms with Gasteiger partial charge in [-0.15, -0.1) is 0 Å². The maximum Gasteiger partial charge on any atom is 0.325 e. The lowest BCUT2D eigenvalue weighted by Gasteiger charge is -2.19. The van der Waals surface area contributed by atoms with Gasteiger partial charge in [0.1, 0.15) is 12.3 Å². The smallest absolute Gasteiger partial charge is 0.325 e. The molecule has 2 aliphatic heterocycles. The minimum atomic E-state index is -0.263. The maximum absolute atomic E-state index is 12.7. The molecule has 0 bridgehead atoms. The molecule has 3 amide bonds. The van der Waals surface area contributed by atoms with Gasteiger partial charge in [-0.2, -0.15) is 0 Å². The number of nitrogens with zero attached hydrogens (tertiary/aromatic N) is 2. The molecule has 146 valence electrons. The van der Waals surface area contributed by atoms with E-state index in [1.54, 1.807) is 23.1 Å². The molecule has 8 heteroatoms. The number of benzene rings is 2. The molecule has 0 spiro atoms. The first-order valence-electron chi connectivity index (χ1n) is 9.13. The molecule has 1 N–H and O–H groups in total. The van der Waals surface area contributed by atoms with Gasteiger partial charge >= 0.3 is 6.03 Å². The molecule has 0 unspecified atom stereocenters. The third-order valence-corrected chi connectivity index (χ3v) is 4.55. The number of anilines is 2. The summed E-state index contributed by atoms with van der Waals surface area (Å²) < 4.78 is 16.0. The molecule has 2 heterocycles. The molecule has 2 aromatic rings. The van der Waals surface area contributed by atoms with Gasteiger partial charge < -0.3 is 24.4 Å². The van der Waals surface area contributed by atoms with E-state index in [9.17, 15) is 9.59 Å². The minimum absolute atomic E-state index is 0.0131. The van der Waals surface area contributed by atoms with Crippen LogP contribution in [0.25, 0.3) is 0 Å². The van der Waals surface area contributed by atoms with Crippen molar-refractivity contribution in [3.8, 4) is 17.2 Å². The molecule has 1 saturated heterocycles. The number of urea groups is 1. The topological polar surface area (TPSA) is 80.3 Å². The van der Waals surface area contributed by atoms with Crippen LogP contribution in [-0.4, -0.2) is 49.9 Å². The third-order valence-electron chi connectivity index (χ3n) is 4.55. The minimum Gasteiger partial charge on any atom is -0.494 e. The van der Waals surface area contributed by atoms with Crippen LogP contribution in [-0.2, 0) is 4.79 Å². The van der Waals surface area contributed by atoms with Gasteiger partial charge in [0.15, 0.2) is 11.5 Å². The van der Waals surface area contributed by atoms with Gasteiger partial charge in [-0.1, -0.05) is 0 Å². The number of amides is 3. The Morgan fingerprint density at radius 2 is 1.89 bits per heavy atom. The van der Waals surface area contributed by atoms with Crippen LogP contribution in [0.15, 0.2) is 42.5 Å². The molecule has 0 atom stereocenters. The monoisotopic (exact) mass is 383 g/mol. The number of ether oxygens (including phenoxy) is 3. The van der Waals surface area contributed by atoms with E-state index in [2.05, 4.69) is 5.32 Å². The van der Waals surface area contributed by atoms with Crippen LogP contribution in [0.2, 0.25) is 0 Å². The lowest BCUT2D eigenvalue weighted by molar-refractivity contribution is -0.116. The van der Waals surface area contributed by atoms with E-state index in [1.807, 2.05) is 31.2 Å². The SMILES string of the molecule is CCOc1ccc(N2CCN(CC(=O)Nc3ccc4c(c3)OCO4)C2=O)cc1. The first kappa shape index (κ1) is 18.0. The summed E-state index contributed by atoms with van der Waals surface area (Å²) in [4.78, 5) is 28.2. The Hall–Kier alpha value is -3.42. The molecule has 28 heavy (non-hydrogen) atoms. The van der Waals surface area contributed by atoms with E-state index in [1.165, 1.54) is 4.90 Å². The Bertz CT molecular complexity index is 884. The normalized spacial score (nSPS) is 15.1. The molecule has 2 aliphatic rings. The molecular formula is C20H21N3O5. The van der Waals surface area contributed by atoms with Crippen LogP contribution in [0.1, 0.15) is 6.92 Å². The first-order chi connectivity index (χ1) is 13.6. The lowest BCUT2D eigenvalue weighted by atomic mass is 10.2. The number of hydrogen-bond acceptors (Lipinski definition) is 5. The number of carbonyl (C=O) groups excluding carboxylic acids is 2. The van der Waals surface area contributed by atoms with E-state index < -0.39 is 0 Å². The predicted octanol–water partition coefficient (Wildman–Crippen LogP) is 2.69. The number of fused-ring (bicyclic) bond motifs is 1. The van der Waals surface area contributed by atoms with Crippen molar-refractivity contribution in [2.45, 2.75) is 6.92 Å². The van der Waals surface area contributed by atoms with Crippen molar-refractivity contribution in [1.29, 1.82) is 0 Å². The Balaban J connectivity index is 1.35. The highest BCUT2D eigenvalue weighted by molar-refractivity contribution is 5.99. The Morgan fingerprint density at radius 1 is 1.11 bits per heavy atom. The summed E-state index contributed by atoms with van der Waals surface area (Å²) in [6.07, 6.45) is 0. The summed E-state index contributed by atoms with van der Waals surface area (Å²) >= 11 is 0. The number of rotatable bonds is 6. The van der Waals surface area contributed by atoms with Crippen LogP contribution >= 0.6 is 0 Å². The average Bonchev–Trinajstić information content (AvgIpc) is 3.29. The highest BCUT2D eigenvalue weighted by Crippen LogP contribution is 2.34. The zero-order valence-corrected chi connectivity index (χ0v) is 15.5. The van der Waals surface area contributed by atoms with Gasteiger partial charge in [0.2, 0.25) is 12.7 Å². The summed E-state index contributed by atoms with van der Waals surface area (Å²) in [7, 11) is 0. The third kappa shape index (κ3) is 3.66. The molecule has 0 aliphatic carbocycles. The zero-order chi connectivity index (χ0) is 19.5. The van der Waals surface area contributed by atoms with Gasteiger partial charge in [-0.3, -0.25) is 9.69 Å². The van der Waals surface area contributed by atoms with Crippen LogP contribution in [0.4, 0.5) is 16.2 Å². The quantitative estimate of drug-likeness (QED) is 0.830. The van der Waals surface area contributed by atoms with Crippen molar-refractivity contribution < 1.29 is 23.8 Å². The summed E-state index contributed by atoms with van der Waals surface area (Å²) in [6.45, 7) is 3.70. The second-order valence-corrected chi connectivity index (χ2v) is 6.40. The van der Waals surface area contributed by atoms with Crippen molar-refractivity contribution in [2.75, 3.05) is 43.3 Å². The van der Waals surface area contributed by atoms with E-state index in [-0.39, 0.29) is 25.3 Å². The van der Waals surface area contributed by atoms with Crippen molar-refractivity contribution in [1.82, 2.24) is 4.90 Å². The largest absolute Gasteiger partial charge is 0.494 e. The summed E-state index contributed by atoms with van der Waals surface area (Å²) in [6, 6.07) is 12.4. The molecule has 0 aromatic heterocycles. The van der Waals surface area contributed by atoms with Crippen LogP contribution in [0.5, 0.6) is 17.2 Å². The fraction of sp³-hybridized carbons (Fsp3) is 0.300. The highest BCUT2D eigenvalue weighted by atomic mass is 16.7. The van der Waals surface area contributed by atoms with Crippen molar-refractivity contribution in [3.05, 3.63) is 42.5 Å². The van der Waals surface area contributed by atoms with Gasteiger partial charge in [0.05, 0.1) is 6.61 Å². The Morgan fingerprint density at radius 3 is 2.68 bits per heavy atom. The molecular weight excluding hydrogens is 362 g/mol. The van der Waals surface area contributed by atoms with Gasteiger partial charge in [0.25, 0.3) is 0 Å². The number of nitrogens with one attached hydrogen (secondary N) is 1. The molecule has 2 aromatic carbocycles. The second kappa shape index (κ2) is 7.67. The van der Waals surface area contributed by atoms with E-state index in [0.717, 1.165) is 11.4 Å². The summed E-state index contributed by atoms with van der Waals surface area (Å²) in [5.41, 5.74) is 1.39. The second-order valence-electron chi connectivity index (χ2n) is 6.40. The van der Waals surface area contributed by atoms with Crippen molar-refractivity contribution in [3.63, 3.8) is 0 Å². The summed E-state index contributed by atoms with van der Waals surface area (Å²) in [5, 5.41) is 2.79. The number of carbonyl (C=O) groups is 2. The fourth-order valence-corrected chi connectivity index (χ4v) is 3.21. The molecule has 0 saturated carbocycles.